The molecule has 0 saturated heterocycles. The Morgan fingerprint density at radius 2 is 1.31 bits per heavy atom. The van der Waals surface area contributed by atoms with Crippen molar-refractivity contribution in [1.29, 1.82) is 0 Å². The number of oxime groups is 1. The molecular formula is C19H9F12NO3S. The maximum absolute atomic E-state index is 13.7. The first-order chi connectivity index (χ1) is 16.1. The average Bonchev–Trinajstić information content (AvgIpc) is 3.09. The van der Waals surface area contributed by atoms with Crippen molar-refractivity contribution in [2.75, 3.05) is 0 Å². The molecule has 4 nitrogen and oxygen atoms in total. The molecule has 0 aliphatic heterocycles. The zero-order valence-electron chi connectivity index (χ0n) is 16.9. The molecule has 198 valence electrons. The Morgan fingerprint density at radius 3 is 1.86 bits per heavy atom. The van der Waals surface area contributed by atoms with Crippen LogP contribution in [0, 0.1) is 0 Å². The molecule has 3 rings (SSSR count). The van der Waals surface area contributed by atoms with Gasteiger partial charge >= 0.3 is 39.6 Å². The highest BCUT2D eigenvalue weighted by atomic mass is 32.2. The molecule has 0 heterocycles. The molecule has 0 fully saturated rings. The Kier molecular flexibility index (Phi) is 6.35. The van der Waals surface area contributed by atoms with Gasteiger partial charge in [-0.15, -0.1) is 0 Å². The van der Waals surface area contributed by atoms with Crippen LogP contribution in [-0.4, -0.2) is 43.6 Å². The molecule has 0 aromatic heterocycles. The number of benzene rings is 2. The topological polar surface area (TPSA) is 55.7 Å². The fourth-order valence-corrected chi connectivity index (χ4v) is 3.92. The molecule has 0 unspecified atom stereocenters. The SMILES string of the molecule is O=S(=O)(O/N=C(/c1ccc2c(c1)Cc1ccccc1-2)C(F)(F)F)C(F)(F)C(F)(F)C(F)(F)C(F)(F)F. The minimum Gasteiger partial charge on any atom is -0.263 e. The smallest absolute Gasteiger partial charge is 0.263 e. The van der Waals surface area contributed by atoms with Gasteiger partial charge in [-0.2, -0.15) is 61.1 Å². The molecule has 0 N–H and O–H groups in total. The van der Waals surface area contributed by atoms with Gasteiger partial charge in [0.1, 0.15) is 0 Å². The van der Waals surface area contributed by atoms with E-state index in [2.05, 4.69) is 4.28 Å². The number of hydrogen-bond donors (Lipinski definition) is 0. The number of hydrogen-bond acceptors (Lipinski definition) is 4. The summed E-state index contributed by atoms with van der Waals surface area (Å²) in [5, 5.41) is -5.46. The van der Waals surface area contributed by atoms with E-state index in [1.54, 1.807) is 24.3 Å². The molecule has 0 spiro atoms. The summed E-state index contributed by atoms with van der Waals surface area (Å²) in [6.07, 6.45) is -13.0. The van der Waals surface area contributed by atoms with Crippen LogP contribution in [0.2, 0.25) is 0 Å². The standard InChI is InChI=1S/C19H9F12NO3S/c20-15(21,22)14(10-5-6-13-11(8-10)7-9-3-1-2-4-12(9)13)32-35-36(33,34)19(30,31)17(25,26)16(23,24)18(27,28)29/h1-6,8H,7H2/b32-14-. The number of rotatable bonds is 6. The summed E-state index contributed by atoms with van der Waals surface area (Å²) >= 11 is 0. The second kappa shape index (κ2) is 8.27. The van der Waals surface area contributed by atoms with Crippen LogP contribution in [0.4, 0.5) is 52.7 Å². The van der Waals surface area contributed by atoms with E-state index in [1.807, 2.05) is 5.16 Å². The van der Waals surface area contributed by atoms with Crippen LogP contribution in [0.1, 0.15) is 16.7 Å². The van der Waals surface area contributed by atoms with E-state index in [-0.39, 0.29) is 12.0 Å². The molecule has 36 heavy (non-hydrogen) atoms. The molecule has 1 aliphatic carbocycles. The first kappa shape index (κ1) is 27.6. The van der Waals surface area contributed by atoms with Crippen molar-refractivity contribution in [1.82, 2.24) is 0 Å². The van der Waals surface area contributed by atoms with Crippen LogP contribution in [-0.2, 0) is 20.8 Å². The van der Waals surface area contributed by atoms with Gasteiger partial charge in [0.25, 0.3) is 0 Å². The molecule has 0 saturated carbocycles. The lowest BCUT2D eigenvalue weighted by molar-refractivity contribution is -0.382. The summed E-state index contributed by atoms with van der Waals surface area (Å²) in [6, 6.07) is 9.16. The Bertz CT molecular complexity index is 1310. The summed E-state index contributed by atoms with van der Waals surface area (Å²) in [4.78, 5) is 0. The summed E-state index contributed by atoms with van der Waals surface area (Å²) < 4.78 is 183. The molecule has 2 aromatic carbocycles. The highest BCUT2D eigenvalue weighted by Crippen LogP contribution is 2.55. The van der Waals surface area contributed by atoms with Gasteiger partial charge in [0.2, 0.25) is 0 Å². The first-order valence-electron chi connectivity index (χ1n) is 9.15. The van der Waals surface area contributed by atoms with Crippen molar-refractivity contribution >= 4 is 15.8 Å². The van der Waals surface area contributed by atoms with Gasteiger partial charge in [-0.1, -0.05) is 41.6 Å². The molecule has 1 aliphatic rings. The fourth-order valence-electron chi connectivity index (χ4n) is 3.21. The van der Waals surface area contributed by atoms with Crippen molar-refractivity contribution in [2.45, 2.75) is 35.9 Å². The van der Waals surface area contributed by atoms with Gasteiger partial charge in [-0.05, 0) is 34.7 Å². The maximum Gasteiger partial charge on any atom is 0.460 e. The normalized spacial score (nSPS) is 15.5. The van der Waals surface area contributed by atoms with E-state index >= 15 is 0 Å². The number of nitrogens with zero attached hydrogens (tertiary/aromatic N) is 1. The number of halogens is 12. The molecular weight excluding hydrogens is 550 g/mol. The van der Waals surface area contributed by atoms with Gasteiger partial charge < -0.3 is 0 Å². The van der Waals surface area contributed by atoms with Crippen LogP contribution in [0.5, 0.6) is 0 Å². The van der Waals surface area contributed by atoms with Crippen molar-refractivity contribution in [2.24, 2.45) is 5.16 Å². The lowest BCUT2D eigenvalue weighted by Crippen LogP contribution is -2.63. The summed E-state index contributed by atoms with van der Waals surface area (Å²) in [7, 11) is -7.63. The van der Waals surface area contributed by atoms with Gasteiger partial charge in [-0.25, -0.2) is 0 Å². The molecule has 0 radical (unpaired) electrons. The number of fused-ring (bicyclic) bond motifs is 3. The van der Waals surface area contributed by atoms with E-state index in [9.17, 15) is 61.1 Å². The van der Waals surface area contributed by atoms with E-state index in [0.717, 1.165) is 12.1 Å². The van der Waals surface area contributed by atoms with Crippen molar-refractivity contribution < 1.29 is 65.4 Å². The Labute approximate surface area is 193 Å². The molecule has 0 atom stereocenters. The third kappa shape index (κ3) is 4.26. The highest BCUT2D eigenvalue weighted by Gasteiger charge is 2.86. The minimum atomic E-state index is -7.69. The zero-order chi connectivity index (χ0) is 27.5. The fraction of sp³-hybridized carbons (Fsp3) is 0.316. The van der Waals surface area contributed by atoms with Gasteiger partial charge in [-0.3, -0.25) is 4.28 Å². The second-order valence-electron chi connectivity index (χ2n) is 7.34. The molecule has 2 aromatic rings. The van der Waals surface area contributed by atoms with Crippen LogP contribution in [0.3, 0.4) is 0 Å². The Hall–Kier alpha value is -2.98. The van der Waals surface area contributed by atoms with Crippen LogP contribution >= 0.6 is 0 Å². The van der Waals surface area contributed by atoms with E-state index < -0.39 is 50.8 Å². The van der Waals surface area contributed by atoms with Crippen molar-refractivity contribution in [3.8, 4) is 11.1 Å². The third-order valence-corrected chi connectivity index (χ3v) is 6.15. The predicted molar refractivity (Wildman–Crippen MR) is 98.2 cm³/mol. The molecule has 17 heteroatoms. The van der Waals surface area contributed by atoms with Crippen molar-refractivity contribution in [3.05, 3.63) is 59.2 Å². The third-order valence-electron chi connectivity index (χ3n) is 4.99. The van der Waals surface area contributed by atoms with Gasteiger partial charge in [0.15, 0.2) is 5.71 Å². The zero-order valence-corrected chi connectivity index (χ0v) is 17.7. The molecule has 0 amide bonds. The monoisotopic (exact) mass is 559 g/mol. The minimum absolute atomic E-state index is 0.0838. The lowest BCUT2D eigenvalue weighted by Gasteiger charge is -2.31. The number of alkyl halides is 12. The van der Waals surface area contributed by atoms with Crippen LogP contribution in [0.15, 0.2) is 47.6 Å². The van der Waals surface area contributed by atoms with E-state index in [4.69, 9.17) is 0 Å². The maximum atomic E-state index is 13.7. The Balaban J connectivity index is 2.01. The Morgan fingerprint density at radius 1 is 0.750 bits per heavy atom. The van der Waals surface area contributed by atoms with Gasteiger partial charge in [0.05, 0.1) is 0 Å². The predicted octanol–water partition coefficient (Wildman–Crippen LogP) is 6.30. The summed E-state index contributed by atoms with van der Waals surface area (Å²) in [5.74, 6) is -15.3. The largest absolute Gasteiger partial charge is 0.460 e. The highest BCUT2D eigenvalue weighted by molar-refractivity contribution is 7.87. The summed E-state index contributed by atoms with van der Waals surface area (Å²) in [6.45, 7) is 0. The van der Waals surface area contributed by atoms with Crippen LogP contribution < -0.4 is 0 Å². The van der Waals surface area contributed by atoms with E-state index in [0.29, 0.717) is 22.8 Å². The van der Waals surface area contributed by atoms with Gasteiger partial charge in [0, 0.05) is 5.56 Å². The first-order valence-corrected chi connectivity index (χ1v) is 10.6. The van der Waals surface area contributed by atoms with E-state index in [1.165, 1.54) is 0 Å². The second-order valence-corrected chi connectivity index (χ2v) is 8.91. The lowest BCUT2D eigenvalue weighted by atomic mass is 10.0. The van der Waals surface area contributed by atoms with Crippen molar-refractivity contribution in [3.63, 3.8) is 0 Å². The quantitative estimate of drug-likeness (QED) is 0.203. The average molecular weight is 559 g/mol. The summed E-state index contributed by atoms with van der Waals surface area (Å²) in [5.41, 5.74) is -1.37. The molecule has 0 bridgehead atoms. The van der Waals surface area contributed by atoms with Crippen LogP contribution in [0.25, 0.3) is 11.1 Å².